The van der Waals surface area contributed by atoms with Crippen LogP contribution in [0.5, 0.6) is 11.5 Å². The molecule has 1 aliphatic rings. The summed E-state index contributed by atoms with van der Waals surface area (Å²) >= 11 is 5.90. The van der Waals surface area contributed by atoms with Crippen LogP contribution < -0.4 is 19.5 Å². The first-order valence-electron chi connectivity index (χ1n) is 13.6. The zero-order chi connectivity index (χ0) is 31.3. The van der Waals surface area contributed by atoms with E-state index in [9.17, 15) is 23.1 Å². The van der Waals surface area contributed by atoms with E-state index in [0.717, 1.165) is 0 Å². The summed E-state index contributed by atoms with van der Waals surface area (Å²) < 4.78 is 40.0. The number of amides is 3. The number of carbonyl (C=O) groups is 2. The number of hydrogen-bond donors (Lipinski definition) is 3. The summed E-state index contributed by atoms with van der Waals surface area (Å²) in [6.45, 7) is 3.78. The van der Waals surface area contributed by atoms with Gasteiger partial charge in [-0.3, -0.25) is 9.52 Å². The Morgan fingerprint density at radius 1 is 1.14 bits per heavy atom. The van der Waals surface area contributed by atoms with Gasteiger partial charge in [-0.25, -0.2) is 13.2 Å². The smallest absolute Gasteiger partial charge is 0.321 e. The maximum atomic E-state index is 13.7. The molecule has 0 bridgehead atoms. The van der Waals surface area contributed by atoms with Crippen molar-refractivity contribution >= 4 is 44.9 Å². The van der Waals surface area contributed by atoms with Gasteiger partial charge in [0.2, 0.25) is 0 Å². The largest absolute Gasteiger partial charge is 0.497 e. The number of aliphatic hydroxyl groups excluding tert-OH is 1. The molecule has 11 nitrogen and oxygen atoms in total. The molecule has 3 N–H and O–H groups in total. The third kappa shape index (κ3) is 7.70. The lowest BCUT2D eigenvalue weighted by Crippen LogP contribution is -2.50. The molecule has 3 aromatic rings. The van der Waals surface area contributed by atoms with E-state index < -0.39 is 28.1 Å². The predicted octanol–water partition coefficient (Wildman–Crippen LogP) is 4.53. The average Bonchev–Trinajstić information content (AvgIpc) is 2.99. The van der Waals surface area contributed by atoms with Crippen LogP contribution in [0.4, 0.5) is 16.2 Å². The van der Waals surface area contributed by atoms with Crippen molar-refractivity contribution in [3.05, 3.63) is 77.3 Å². The van der Waals surface area contributed by atoms with Gasteiger partial charge in [-0.1, -0.05) is 18.5 Å². The lowest BCUT2D eigenvalue weighted by Gasteiger charge is -2.38. The van der Waals surface area contributed by atoms with E-state index in [1.165, 1.54) is 52.3 Å². The molecule has 0 fully saturated rings. The Balaban J connectivity index is 1.59. The first-order chi connectivity index (χ1) is 20.4. The van der Waals surface area contributed by atoms with E-state index in [-0.39, 0.29) is 53.5 Å². The fourth-order valence-corrected chi connectivity index (χ4v) is 5.75. The Hall–Kier alpha value is -4.00. The molecule has 0 unspecified atom stereocenters. The van der Waals surface area contributed by atoms with E-state index in [1.54, 1.807) is 45.3 Å². The van der Waals surface area contributed by atoms with Crippen molar-refractivity contribution in [1.82, 2.24) is 9.80 Å². The normalized spacial score (nSPS) is 17.5. The highest BCUT2D eigenvalue weighted by atomic mass is 35.5. The monoisotopic (exact) mass is 630 g/mol. The standard InChI is InChI=1S/C30H35ClN4O7S/c1-19-16-35(20(2)18-36)29(37)26-15-23(33-43(39,40)25-12-5-21(31)6-13-25)9-14-27(26)42-28(19)17-34(3)30(38)32-22-7-10-24(41-4)11-8-22/h5-15,19-20,28,33,36H,16-18H2,1-4H3,(H,32,38)/t19-,20-,28-/m0/s1. The molecule has 1 heterocycles. The Bertz CT molecular complexity index is 1550. The molecular formula is C30H35ClN4O7S. The second-order valence-corrected chi connectivity index (χ2v) is 12.6. The molecule has 0 radical (unpaired) electrons. The zero-order valence-corrected chi connectivity index (χ0v) is 25.9. The molecule has 0 spiro atoms. The summed E-state index contributed by atoms with van der Waals surface area (Å²) in [6, 6.07) is 16.2. The molecule has 3 atom stereocenters. The van der Waals surface area contributed by atoms with Crippen LogP contribution in [0.25, 0.3) is 0 Å². The molecule has 13 heteroatoms. The van der Waals surface area contributed by atoms with Gasteiger partial charge in [0, 0.05) is 35.9 Å². The quantitative estimate of drug-likeness (QED) is 0.316. The number of rotatable bonds is 9. The number of halogens is 1. The highest BCUT2D eigenvalue weighted by Gasteiger charge is 2.34. The van der Waals surface area contributed by atoms with Crippen molar-refractivity contribution in [2.24, 2.45) is 5.92 Å². The molecule has 0 saturated carbocycles. The Kier molecular flexibility index (Phi) is 10.0. The number of hydrogen-bond acceptors (Lipinski definition) is 7. The predicted molar refractivity (Wildman–Crippen MR) is 165 cm³/mol. The third-order valence-corrected chi connectivity index (χ3v) is 8.83. The lowest BCUT2D eigenvalue weighted by molar-refractivity contribution is 0.0371. The summed E-state index contributed by atoms with van der Waals surface area (Å²) in [4.78, 5) is 29.7. The van der Waals surface area contributed by atoms with Crippen LogP contribution in [0.3, 0.4) is 0 Å². The number of aliphatic hydroxyl groups is 1. The molecule has 1 aliphatic heterocycles. The van der Waals surface area contributed by atoms with Gasteiger partial charge in [-0.05, 0) is 73.7 Å². The fraction of sp³-hybridized carbons (Fsp3) is 0.333. The molecule has 0 aromatic heterocycles. The number of urea groups is 1. The van der Waals surface area contributed by atoms with E-state index in [0.29, 0.717) is 16.5 Å². The summed E-state index contributed by atoms with van der Waals surface area (Å²) in [5.41, 5.74) is 0.874. The third-order valence-electron chi connectivity index (χ3n) is 7.18. The number of carbonyl (C=O) groups excluding carboxylic acids is 2. The number of nitrogens with zero attached hydrogens (tertiary/aromatic N) is 2. The van der Waals surface area contributed by atoms with Gasteiger partial charge in [0.1, 0.15) is 17.6 Å². The summed E-state index contributed by atoms with van der Waals surface area (Å²) in [5.74, 6) is 0.249. The van der Waals surface area contributed by atoms with Crippen LogP contribution in [0.1, 0.15) is 24.2 Å². The number of anilines is 2. The van der Waals surface area contributed by atoms with E-state index in [2.05, 4.69) is 10.0 Å². The maximum Gasteiger partial charge on any atom is 0.321 e. The number of methoxy groups -OCH3 is 1. The van der Waals surface area contributed by atoms with E-state index in [4.69, 9.17) is 21.1 Å². The average molecular weight is 631 g/mol. The number of sulfonamides is 1. The number of likely N-dealkylation sites (N-methyl/N-ethyl adjacent to an activating group) is 1. The Labute approximate surface area is 256 Å². The fourth-order valence-electron chi connectivity index (χ4n) is 4.58. The molecule has 43 heavy (non-hydrogen) atoms. The van der Waals surface area contributed by atoms with Crippen molar-refractivity contribution in [3.63, 3.8) is 0 Å². The van der Waals surface area contributed by atoms with Gasteiger partial charge >= 0.3 is 6.03 Å². The molecular weight excluding hydrogens is 596 g/mol. The lowest BCUT2D eigenvalue weighted by atomic mass is 9.99. The van der Waals surface area contributed by atoms with Crippen LogP contribution in [0, 0.1) is 5.92 Å². The first-order valence-corrected chi connectivity index (χ1v) is 15.4. The number of fused-ring (bicyclic) bond motifs is 1. The number of ether oxygens (including phenoxy) is 2. The highest BCUT2D eigenvalue weighted by Crippen LogP contribution is 2.31. The zero-order valence-electron chi connectivity index (χ0n) is 24.3. The van der Waals surface area contributed by atoms with Crippen molar-refractivity contribution in [2.45, 2.75) is 30.9 Å². The van der Waals surface area contributed by atoms with Crippen LogP contribution in [0.2, 0.25) is 5.02 Å². The van der Waals surface area contributed by atoms with Crippen molar-refractivity contribution in [2.75, 3.05) is 43.9 Å². The van der Waals surface area contributed by atoms with Gasteiger partial charge in [0.15, 0.2) is 0 Å². The van der Waals surface area contributed by atoms with Gasteiger partial charge in [0.25, 0.3) is 15.9 Å². The SMILES string of the molecule is COc1ccc(NC(=O)N(C)C[C@@H]2Oc3ccc(NS(=O)(=O)c4ccc(Cl)cc4)cc3C(=O)N([C@@H](C)CO)C[C@@H]2C)cc1. The first kappa shape index (κ1) is 31.9. The maximum absolute atomic E-state index is 13.7. The minimum atomic E-state index is -3.97. The minimum Gasteiger partial charge on any atom is -0.497 e. The number of nitrogens with one attached hydrogen (secondary N) is 2. The summed E-state index contributed by atoms with van der Waals surface area (Å²) in [7, 11) is -0.769. The van der Waals surface area contributed by atoms with Crippen molar-refractivity contribution in [1.29, 1.82) is 0 Å². The number of benzene rings is 3. The van der Waals surface area contributed by atoms with Crippen molar-refractivity contribution < 1.29 is 32.6 Å². The Morgan fingerprint density at radius 2 is 1.79 bits per heavy atom. The summed E-state index contributed by atoms with van der Waals surface area (Å²) in [6.07, 6.45) is -0.538. The molecule has 4 rings (SSSR count). The Morgan fingerprint density at radius 3 is 2.42 bits per heavy atom. The second-order valence-electron chi connectivity index (χ2n) is 10.4. The van der Waals surface area contributed by atoms with Gasteiger partial charge in [0.05, 0.1) is 36.8 Å². The summed E-state index contributed by atoms with van der Waals surface area (Å²) in [5, 5.41) is 13.2. The second kappa shape index (κ2) is 13.5. The van der Waals surface area contributed by atoms with Crippen LogP contribution in [-0.2, 0) is 10.0 Å². The topological polar surface area (TPSA) is 138 Å². The molecule has 3 amide bonds. The van der Waals surface area contributed by atoms with Crippen LogP contribution in [0.15, 0.2) is 71.6 Å². The van der Waals surface area contributed by atoms with Gasteiger partial charge in [-0.2, -0.15) is 0 Å². The van der Waals surface area contributed by atoms with E-state index in [1.807, 2.05) is 6.92 Å². The molecule has 230 valence electrons. The van der Waals surface area contributed by atoms with Gasteiger partial charge in [-0.15, -0.1) is 0 Å². The van der Waals surface area contributed by atoms with Crippen LogP contribution >= 0.6 is 11.6 Å². The minimum absolute atomic E-state index is 0.00610. The molecule has 3 aromatic carbocycles. The van der Waals surface area contributed by atoms with E-state index >= 15 is 0 Å². The van der Waals surface area contributed by atoms with Crippen molar-refractivity contribution in [3.8, 4) is 11.5 Å². The molecule has 0 aliphatic carbocycles. The highest BCUT2D eigenvalue weighted by molar-refractivity contribution is 7.92. The molecule has 0 saturated heterocycles. The van der Waals surface area contributed by atoms with Crippen LogP contribution in [-0.4, -0.2) is 81.3 Å². The van der Waals surface area contributed by atoms with Gasteiger partial charge < -0.3 is 29.7 Å².